The van der Waals surface area contributed by atoms with Crippen molar-refractivity contribution in [2.24, 2.45) is 5.92 Å². The second-order valence-electron chi connectivity index (χ2n) is 3.04. The molecule has 1 saturated carbocycles. The van der Waals surface area contributed by atoms with E-state index >= 15 is 0 Å². The molecule has 0 amide bonds. The first-order valence-electron chi connectivity index (χ1n) is 3.80. The number of hydrogen-bond acceptors (Lipinski definition) is 3. The molecule has 0 aromatic carbocycles. The SMILES string of the molecule is C[C@@H]1CCC[C@H]([N+](=O)[O-])C1=O. The van der Waals surface area contributed by atoms with E-state index in [1.54, 1.807) is 6.92 Å². The number of nitrogens with zero attached hydrogens (tertiary/aromatic N) is 1. The van der Waals surface area contributed by atoms with Crippen molar-refractivity contribution in [2.75, 3.05) is 0 Å². The molecule has 11 heavy (non-hydrogen) atoms. The van der Waals surface area contributed by atoms with Crippen molar-refractivity contribution in [3.63, 3.8) is 0 Å². The number of ketones is 1. The normalized spacial score (nSPS) is 31.9. The molecular formula is C7H11NO3. The largest absolute Gasteiger partial charge is 0.292 e. The molecular weight excluding hydrogens is 146 g/mol. The highest BCUT2D eigenvalue weighted by atomic mass is 16.6. The van der Waals surface area contributed by atoms with E-state index in [-0.39, 0.29) is 11.7 Å². The van der Waals surface area contributed by atoms with E-state index in [4.69, 9.17) is 0 Å². The summed E-state index contributed by atoms with van der Waals surface area (Å²) in [5.74, 6) is -0.305. The van der Waals surface area contributed by atoms with Gasteiger partial charge in [0.05, 0.1) is 0 Å². The Bertz CT molecular complexity index is 190. The van der Waals surface area contributed by atoms with Gasteiger partial charge in [-0.2, -0.15) is 0 Å². The molecule has 0 aromatic rings. The molecule has 1 aliphatic carbocycles. The van der Waals surface area contributed by atoms with Crippen LogP contribution in [0.2, 0.25) is 0 Å². The van der Waals surface area contributed by atoms with Crippen LogP contribution in [-0.4, -0.2) is 16.7 Å². The van der Waals surface area contributed by atoms with Gasteiger partial charge in [0, 0.05) is 17.3 Å². The molecule has 0 spiro atoms. The first-order chi connectivity index (χ1) is 5.13. The molecule has 0 N–H and O–H groups in total. The number of hydrogen-bond donors (Lipinski definition) is 0. The summed E-state index contributed by atoms with van der Waals surface area (Å²) in [6.07, 6.45) is 2.04. The maximum atomic E-state index is 11.1. The fourth-order valence-electron chi connectivity index (χ4n) is 1.44. The Morgan fingerprint density at radius 1 is 1.55 bits per heavy atom. The van der Waals surface area contributed by atoms with E-state index in [0.717, 1.165) is 12.8 Å². The Labute approximate surface area is 64.7 Å². The summed E-state index contributed by atoms with van der Waals surface area (Å²) < 4.78 is 0. The van der Waals surface area contributed by atoms with E-state index in [9.17, 15) is 14.9 Å². The summed E-state index contributed by atoms with van der Waals surface area (Å²) in [6.45, 7) is 1.76. The third-order valence-corrected chi connectivity index (χ3v) is 2.18. The van der Waals surface area contributed by atoms with Crippen molar-refractivity contribution in [1.82, 2.24) is 0 Å². The van der Waals surface area contributed by atoms with Crippen LogP contribution in [0.1, 0.15) is 26.2 Å². The zero-order valence-corrected chi connectivity index (χ0v) is 6.45. The Kier molecular flexibility index (Phi) is 2.22. The third kappa shape index (κ3) is 1.56. The molecule has 0 unspecified atom stereocenters. The van der Waals surface area contributed by atoms with Crippen molar-refractivity contribution < 1.29 is 9.72 Å². The van der Waals surface area contributed by atoms with Crippen LogP contribution >= 0.6 is 0 Å². The minimum atomic E-state index is -0.918. The fourth-order valence-corrected chi connectivity index (χ4v) is 1.44. The summed E-state index contributed by atoms with van der Waals surface area (Å²) in [4.78, 5) is 21.0. The molecule has 2 atom stereocenters. The van der Waals surface area contributed by atoms with Crippen molar-refractivity contribution >= 4 is 5.78 Å². The molecule has 0 radical (unpaired) electrons. The van der Waals surface area contributed by atoms with Crippen LogP contribution < -0.4 is 0 Å². The van der Waals surface area contributed by atoms with Gasteiger partial charge in [0.1, 0.15) is 0 Å². The Morgan fingerprint density at radius 3 is 2.64 bits per heavy atom. The lowest BCUT2D eigenvalue weighted by Crippen LogP contribution is -2.37. The van der Waals surface area contributed by atoms with E-state index < -0.39 is 11.0 Å². The van der Waals surface area contributed by atoms with Crippen molar-refractivity contribution in [3.8, 4) is 0 Å². The molecule has 0 bridgehead atoms. The lowest BCUT2D eigenvalue weighted by atomic mass is 9.86. The van der Waals surface area contributed by atoms with E-state index in [1.165, 1.54) is 0 Å². The fraction of sp³-hybridized carbons (Fsp3) is 0.857. The summed E-state index contributed by atoms with van der Waals surface area (Å²) >= 11 is 0. The van der Waals surface area contributed by atoms with E-state index in [1.807, 2.05) is 0 Å². The van der Waals surface area contributed by atoms with Crippen LogP contribution in [0.25, 0.3) is 0 Å². The van der Waals surface area contributed by atoms with Crippen LogP contribution in [-0.2, 0) is 4.79 Å². The average molecular weight is 157 g/mol. The van der Waals surface area contributed by atoms with Crippen molar-refractivity contribution in [3.05, 3.63) is 10.1 Å². The first-order valence-corrected chi connectivity index (χ1v) is 3.80. The number of carbonyl (C=O) groups is 1. The predicted molar refractivity (Wildman–Crippen MR) is 38.8 cm³/mol. The van der Waals surface area contributed by atoms with Gasteiger partial charge in [-0.15, -0.1) is 0 Å². The highest BCUT2D eigenvalue weighted by molar-refractivity contribution is 5.85. The van der Waals surface area contributed by atoms with E-state index in [2.05, 4.69) is 0 Å². The van der Waals surface area contributed by atoms with Gasteiger partial charge in [-0.05, 0) is 12.8 Å². The van der Waals surface area contributed by atoms with Crippen molar-refractivity contribution in [2.45, 2.75) is 32.2 Å². The van der Waals surface area contributed by atoms with Gasteiger partial charge in [0.25, 0.3) is 6.04 Å². The van der Waals surface area contributed by atoms with Crippen LogP contribution in [0, 0.1) is 16.0 Å². The standard InChI is InChI=1S/C7H11NO3/c1-5-3-2-4-6(7(5)9)8(10)11/h5-6H,2-4H2,1H3/t5-,6+/m1/s1. The maximum absolute atomic E-state index is 11.1. The quantitative estimate of drug-likeness (QED) is 0.421. The number of carbonyl (C=O) groups excluding carboxylic acids is 1. The summed E-state index contributed by atoms with van der Waals surface area (Å²) in [7, 11) is 0. The molecule has 0 heterocycles. The number of rotatable bonds is 1. The molecule has 62 valence electrons. The molecule has 1 rings (SSSR count). The first kappa shape index (κ1) is 8.17. The average Bonchev–Trinajstić information content (AvgIpc) is 1.94. The van der Waals surface area contributed by atoms with Gasteiger partial charge >= 0.3 is 0 Å². The molecule has 0 aromatic heterocycles. The van der Waals surface area contributed by atoms with Gasteiger partial charge < -0.3 is 0 Å². The summed E-state index contributed by atoms with van der Waals surface area (Å²) in [5, 5.41) is 10.3. The van der Waals surface area contributed by atoms with Gasteiger partial charge in [-0.3, -0.25) is 14.9 Å². The van der Waals surface area contributed by atoms with Crippen LogP contribution in [0.5, 0.6) is 0 Å². The Balaban J connectivity index is 2.66. The lowest BCUT2D eigenvalue weighted by Gasteiger charge is -2.18. The predicted octanol–water partition coefficient (Wildman–Crippen LogP) is 1.02. The monoisotopic (exact) mass is 157 g/mol. The second kappa shape index (κ2) is 2.98. The van der Waals surface area contributed by atoms with Crippen LogP contribution in [0.15, 0.2) is 0 Å². The Morgan fingerprint density at radius 2 is 2.18 bits per heavy atom. The molecule has 0 aliphatic heterocycles. The van der Waals surface area contributed by atoms with Gasteiger partial charge in [0.2, 0.25) is 5.78 Å². The van der Waals surface area contributed by atoms with Gasteiger partial charge in [-0.1, -0.05) is 6.92 Å². The molecule has 1 aliphatic rings. The van der Waals surface area contributed by atoms with E-state index in [0.29, 0.717) is 6.42 Å². The molecule has 4 heteroatoms. The van der Waals surface area contributed by atoms with Crippen LogP contribution in [0.4, 0.5) is 0 Å². The minimum absolute atomic E-state index is 0.112. The van der Waals surface area contributed by atoms with Gasteiger partial charge in [-0.25, -0.2) is 0 Å². The van der Waals surface area contributed by atoms with Crippen LogP contribution in [0.3, 0.4) is 0 Å². The second-order valence-corrected chi connectivity index (χ2v) is 3.04. The highest BCUT2D eigenvalue weighted by Crippen LogP contribution is 2.21. The van der Waals surface area contributed by atoms with Gasteiger partial charge in [0.15, 0.2) is 0 Å². The molecule has 4 nitrogen and oxygen atoms in total. The zero-order valence-electron chi connectivity index (χ0n) is 6.45. The third-order valence-electron chi connectivity index (χ3n) is 2.18. The lowest BCUT2D eigenvalue weighted by molar-refractivity contribution is -0.510. The smallest absolute Gasteiger partial charge is 0.270 e. The molecule has 1 fully saturated rings. The molecule has 0 saturated heterocycles. The number of nitro groups is 1. The Hall–Kier alpha value is -0.930. The summed E-state index contributed by atoms with van der Waals surface area (Å²) in [5.41, 5.74) is 0. The zero-order chi connectivity index (χ0) is 8.43. The minimum Gasteiger partial charge on any atom is -0.292 e. The topological polar surface area (TPSA) is 60.2 Å². The summed E-state index contributed by atoms with van der Waals surface area (Å²) in [6, 6.07) is -0.918. The maximum Gasteiger partial charge on any atom is 0.270 e. The highest BCUT2D eigenvalue weighted by Gasteiger charge is 2.36. The van der Waals surface area contributed by atoms with Crippen molar-refractivity contribution in [1.29, 1.82) is 0 Å². The number of Topliss-reactive ketones (excluding diaryl/α,β-unsaturated/α-hetero) is 1.